The Labute approximate surface area is 149 Å². The van der Waals surface area contributed by atoms with E-state index in [2.05, 4.69) is 20.2 Å². The molecule has 1 saturated heterocycles. The number of nitrogens with zero attached hydrogens (tertiary/aromatic N) is 3. The van der Waals surface area contributed by atoms with Crippen molar-refractivity contribution in [2.45, 2.75) is 57.1 Å². The quantitative estimate of drug-likeness (QED) is 0.874. The summed E-state index contributed by atoms with van der Waals surface area (Å²) in [7, 11) is 0. The van der Waals surface area contributed by atoms with Crippen molar-refractivity contribution in [3.05, 3.63) is 18.6 Å². The second kappa shape index (κ2) is 7.28. The van der Waals surface area contributed by atoms with Crippen LogP contribution in [0.5, 0.6) is 0 Å². The molecule has 0 spiro atoms. The molecule has 25 heavy (non-hydrogen) atoms. The van der Waals surface area contributed by atoms with Crippen molar-refractivity contribution in [1.29, 1.82) is 0 Å². The number of hydrogen-bond acceptors (Lipinski definition) is 5. The molecule has 4 atom stereocenters. The fourth-order valence-electron chi connectivity index (χ4n) is 4.94. The van der Waals surface area contributed by atoms with Gasteiger partial charge in [0.1, 0.15) is 5.82 Å². The molecular formula is C19H28N4O2. The highest BCUT2D eigenvalue weighted by molar-refractivity contribution is 5.76. The van der Waals surface area contributed by atoms with Crippen molar-refractivity contribution in [3.8, 4) is 0 Å². The van der Waals surface area contributed by atoms with Crippen molar-refractivity contribution in [2.24, 2.45) is 17.8 Å². The van der Waals surface area contributed by atoms with Gasteiger partial charge >= 0.3 is 0 Å². The predicted molar refractivity (Wildman–Crippen MR) is 94.8 cm³/mol. The minimum Gasteiger partial charge on any atom is -0.391 e. The van der Waals surface area contributed by atoms with Gasteiger partial charge in [-0.15, -0.1) is 0 Å². The summed E-state index contributed by atoms with van der Waals surface area (Å²) in [6.07, 6.45) is 12.0. The van der Waals surface area contributed by atoms with E-state index >= 15 is 0 Å². The summed E-state index contributed by atoms with van der Waals surface area (Å²) in [5.41, 5.74) is 0. The second-order valence-corrected chi connectivity index (χ2v) is 8.05. The van der Waals surface area contributed by atoms with Crippen LogP contribution in [0.2, 0.25) is 0 Å². The number of anilines is 1. The van der Waals surface area contributed by atoms with Gasteiger partial charge in [0.25, 0.3) is 0 Å². The molecule has 0 radical (unpaired) electrons. The fourth-order valence-corrected chi connectivity index (χ4v) is 4.94. The molecule has 1 aromatic rings. The van der Waals surface area contributed by atoms with Crippen LogP contribution in [0.4, 0.5) is 5.82 Å². The lowest BCUT2D eigenvalue weighted by molar-refractivity contribution is -0.131. The Morgan fingerprint density at radius 3 is 2.68 bits per heavy atom. The van der Waals surface area contributed by atoms with E-state index in [9.17, 15) is 9.90 Å². The van der Waals surface area contributed by atoms with Crippen LogP contribution in [0.25, 0.3) is 0 Å². The molecule has 4 rings (SSSR count). The largest absolute Gasteiger partial charge is 0.391 e. The molecule has 6 nitrogen and oxygen atoms in total. The highest BCUT2D eigenvalue weighted by Crippen LogP contribution is 2.38. The van der Waals surface area contributed by atoms with Gasteiger partial charge in [0.15, 0.2) is 0 Å². The summed E-state index contributed by atoms with van der Waals surface area (Å²) in [6.45, 7) is 1.67. The lowest BCUT2D eigenvalue weighted by atomic mass is 9.77. The van der Waals surface area contributed by atoms with Crippen LogP contribution in [0.1, 0.15) is 44.9 Å². The summed E-state index contributed by atoms with van der Waals surface area (Å²) in [4.78, 5) is 23.0. The van der Waals surface area contributed by atoms with Crippen LogP contribution < -0.4 is 5.32 Å². The van der Waals surface area contributed by atoms with Gasteiger partial charge in [-0.05, 0) is 43.4 Å². The van der Waals surface area contributed by atoms with Crippen LogP contribution in [0, 0.1) is 17.8 Å². The van der Waals surface area contributed by atoms with Crippen molar-refractivity contribution >= 4 is 11.7 Å². The molecule has 2 saturated carbocycles. The number of rotatable bonds is 4. The third kappa shape index (κ3) is 3.78. The monoisotopic (exact) mass is 344 g/mol. The molecule has 3 fully saturated rings. The van der Waals surface area contributed by atoms with Crippen molar-refractivity contribution in [2.75, 3.05) is 18.4 Å². The van der Waals surface area contributed by atoms with E-state index in [1.165, 1.54) is 25.7 Å². The third-order valence-electron chi connectivity index (χ3n) is 6.33. The number of nitrogens with one attached hydrogen (secondary N) is 1. The molecule has 0 bridgehead atoms. The highest BCUT2D eigenvalue weighted by atomic mass is 16.3. The third-order valence-corrected chi connectivity index (χ3v) is 6.33. The molecule has 136 valence electrons. The van der Waals surface area contributed by atoms with Gasteiger partial charge in [0.2, 0.25) is 5.91 Å². The van der Waals surface area contributed by atoms with Gasteiger partial charge in [0.05, 0.1) is 18.3 Å². The van der Waals surface area contributed by atoms with Crippen LogP contribution in [0.3, 0.4) is 0 Å². The van der Waals surface area contributed by atoms with E-state index < -0.39 is 6.10 Å². The first-order valence-corrected chi connectivity index (χ1v) is 9.67. The molecule has 1 aromatic heterocycles. The normalized spacial score (nSPS) is 32.6. The van der Waals surface area contributed by atoms with Gasteiger partial charge in [-0.25, -0.2) is 4.98 Å². The Hall–Kier alpha value is -1.69. The van der Waals surface area contributed by atoms with Gasteiger partial charge in [0, 0.05) is 31.9 Å². The Morgan fingerprint density at radius 2 is 1.96 bits per heavy atom. The molecule has 2 N–H and O–H groups in total. The fraction of sp³-hybridized carbons (Fsp3) is 0.737. The predicted octanol–water partition coefficient (Wildman–Crippen LogP) is 2.07. The second-order valence-electron chi connectivity index (χ2n) is 8.05. The van der Waals surface area contributed by atoms with E-state index in [1.54, 1.807) is 18.6 Å². The molecular weight excluding hydrogens is 316 g/mol. The maximum Gasteiger partial charge on any atom is 0.222 e. The van der Waals surface area contributed by atoms with Gasteiger partial charge < -0.3 is 15.3 Å². The summed E-state index contributed by atoms with van der Waals surface area (Å²) in [6, 6.07) is -0.0113. The van der Waals surface area contributed by atoms with Crippen LogP contribution >= 0.6 is 0 Å². The minimum absolute atomic E-state index is 0.0113. The summed E-state index contributed by atoms with van der Waals surface area (Å²) in [5.74, 6) is 2.55. The zero-order valence-electron chi connectivity index (χ0n) is 14.7. The average molecular weight is 344 g/mol. The van der Waals surface area contributed by atoms with Crippen molar-refractivity contribution in [1.82, 2.24) is 14.9 Å². The maximum absolute atomic E-state index is 12.6. The number of carbonyl (C=O) groups excluding carboxylic acids is 1. The number of fused-ring (bicyclic) bond motifs is 1. The molecule has 1 amide bonds. The maximum atomic E-state index is 12.6. The van der Waals surface area contributed by atoms with Gasteiger partial charge in [-0.3, -0.25) is 9.78 Å². The molecule has 6 heteroatoms. The number of aliphatic hydroxyl groups excluding tert-OH is 1. The first-order valence-electron chi connectivity index (χ1n) is 9.67. The summed E-state index contributed by atoms with van der Waals surface area (Å²) < 4.78 is 0. The number of likely N-dealkylation sites (tertiary alicyclic amines) is 1. The Balaban J connectivity index is 1.34. The smallest absolute Gasteiger partial charge is 0.222 e. The van der Waals surface area contributed by atoms with Gasteiger partial charge in [-0.2, -0.15) is 0 Å². The minimum atomic E-state index is -0.395. The van der Waals surface area contributed by atoms with Crippen LogP contribution in [0.15, 0.2) is 18.6 Å². The lowest BCUT2D eigenvalue weighted by Gasteiger charge is -2.35. The van der Waals surface area contributed by atoms with Gasteiger partial charge in [-0.1, -0.05) is 12.8 Å². The SMILES string of the molecule is O=C(CC1CCCC1)N1C[C@H]2C[C@@H](Nc3cnccn3)[C@H](O)C[C@H]2C1. The van der Waals surface area contributed by atoms with E-state index in [4.69, 9.17) is 0 Å². The number of carbonyl (C=O) groups is 1. The summed E-state index contributed by atoms with van der Waals surface area (Å²) in [5, 5.41) is 13.8. The van der Waals surface area contributed by atoms with Crippen molar-refractivity contribution in [3.63, 3.8) is 0 Å². The molecule has 2 aliphatic carbocycles. The Kier molecular flexibility index (Phi) is 4.88. The topological polar surface area (TPSA) is 78.4 Å². The number of hydrogen-bond donors (Lipinski definition) is 2. The number of amides is 1. The van der Waals surface area contributed by atoms with Crippen LogP contribution in [-0.4, -0.2) is 51.1 Å². The van der Waals surface area contributed by atoms with E-state index in [0.29, 0.717) is 29.5 Å². The summed E-state index contributed by atoms with van der Waals surface area (Å²) >= 11 is 0. The zero-order chi connectivity index (χ0) is 17.2. The molecule has 3 aliphatic rings. The Bertz CT molecular complexity index is 590. The van der Waals surface area contributed by atoms with E-state index in [1.807, 2.05) is 0 Å². The standard InChI is InChI=1S/C19H28N4O2/c24-17-9-15-12-23(19(25)7-13-3-1-2-4-13)11-14(15)8-16(17)22-18-10-20-5-6-21-18/h5-6,10,13-17,24H,1-4,7-9,11-12H2,(H,21,22)/t14-,15+,16-,17-/m1/s1. The molecule has 0 unspecified atom stereocenters. The number of aromatic nitrogens is 2. The molecule has 2 heterocycles. The highest BCUT2D eigenvalue weighted by Gasteiger charge is 2.43. The Morgan fingerprint density at radius 1 is 1.20 bits per heavy atom. The van der Waals surface area contributed by atoms with Crippen molar-refractivity contribution < 1.29 is 9.90 Å². The average Bonchev–Trinajstić information content (AvgIpc) is 3.25. The molecule has 1 aliphatic heterocycles. The van der Waals surface area contributed by atoms with E-state index in [0.717, 1.165) is 32.4 Å². The van der Waals surface area contributed by atoms with E-state index in [-0.39, 0.29) is 6.04 Å². The lowest BCUT2D eigenvalue weighted by Crippen LogP contribution is -2.43. The number of aliphatic hydroxyl groups is 1. The first kappa shape index (κ1) is 16.8. The molecule has 0 aromatic carbocycles. The van der Waals surface area contributed by atoms with Crippen LogP contribution in [-0.2, 0) is 4.79 Å². The first-order chi connectivity index (χ1) is 12.2. The zero-order valence-corrected chi connectivity index (χ0v) is 14.7.